The fraction of sp³-hybridized carbons (Fsp3) is 0.789. The van der Waals surface area contributed by atoms with Gasteiger partial charge in [-0.15, -0.1) is 0 Å². The van der Waals surface area contributed by atoms with Gasteiger partial charge >= 0.3 is 0 Å². The summed E-state index contributed by atoms with van der Waals surface area (Å²) in [7, 11) is 0. The third kappa shape index (κ3) is 8.35. The first-order chi connectivity index (χ1) is 10.8. The van der Waals surface area contributed by atoms with Gasteiger partial charge in [-0.2, -0.15) is 0 Å². The zero-order valence-corrected chi connectivity index (χ0v) is 14.3. The Hall–Kier alpha value is -1.12. The molecule has 1 aliphatic rings. The highest BCUT2D eigenvalue weighted by molar-refractivity contribution is 6.23. The van der Waals surface area contributed by atoms with E-state index in [-0.39, 0.29) is 11.7 Å². The lowest BCUT2D eigenvalue weighted by Crippen LogP contribution is -2.34. The summed E-state index contributed by atoms with van der Waals surface area (Å²) >= 11 is 0. The second-order valence-corrected chi connectivity index (χ2v) is 6.45. The van der Waals surface area contributed by atoms with Crippen LogP contribution < -0.4 is 5.32 Å². The molecule has 0 fully saturated rings. The number of hydrogen-bond donors (Lipinski definition) is 1. The molecule has 3 heteroatoms. The van der Waals surface area contributed by atoms with Crippen LogP contribution in [0.2, 0.25) is 0 Å². The van der Waals surface area contributed by atoms with E-state index >= 15 is 0 Å². The molecule has 0 bridgehead atoms. The van der Waals surface area contributed by atoms with Crippen molar-refractivity contribution >= 4 is 11.7 Å². The largest absolute Gasteiger partial charge is 0.328 e. The van der Waals surface area contributed by atoms with Gasteiger partial charge in [0, 0.05) is 12.6 Å². The van der Waals surface area contributed by atoms with E-state index in [0.717, 1.165) is 12.8 Å². The Labute approximate surface area is 135 Å². The molecule has 22 heavy (non-hydrogen) atoms. The van der Waals surface area contributed by atoms with Crippen molar-refractivity contribution in [3.8, 4) is 0 Å². The van der Waals surface area contributed by atoms with Gasteiger partial charge in [-0.05, 0) is 6.42 Å². The number of amides is 1. The van der Waals surface area contributed by atoms with Gasteiger partial charge in [-0.1, -0.05) is 84.0 Å². The maximum atomic E-state index is 11.6. The van der Waals surface area contributed by atoms with E-state index in [1.807, 2.05) is 0 Å². The molecule has 0 aromatic rings. The number of Topliss-reactive ketones (excluding diaryl/α,β-unsaturated/α-hetero) is 1. The van der Waals surface area contributed by atoms with Crippen LogP contribution in [0, 0.1) is 0 Å². The van der Waals surface area contributed by atoms with Crippen molar-refractivity contribution in [2.45, 2.75) is 96.8 Å². The maximum absolute atomic E-state index is 11.6. The Balaban J connectivity index is 1.77. The predicted molar refractivity (Wildman–Crippen MR) is 91.5 cm³/mol. The summed E-state index contributed by atoms with van der Waals surface area (Å²) < 4.78 is 0. The molecule has 1 heterocycles. The number of carbonyl (C=O) groups is 2. The highest BCUT2D eigenvalue weighted by Gasteiger charge is 2.23. The molecule has 0 saturated carbocycles. The van der Waals surface area contributed by atoms with E-state index in [2.05, 4.69) is 12.2 Å². The van der Waals surface area contributed by atoms with Gasteiger partial charge in [-0.3, -0.25) is 9.59 Å². The first kappa shape index (κ1) is 18.9. The van der Waals surface area contributed by atoms with Crippen LogP contribution >= 0.6 is 0 Å². The molecule has 1 aliphatic heterocycles. The van der Waals surface area contributed by atoms with Crippen LogP contribution in [0.3, 0.4) is 0 Å². The molecule has 0 saturated heterocycles. The van der Waals surface area contributed by atoms with E-state index < -0.39 is 0 Å². The monoisotopic (exact) mass is 307 g/mol. The SMILES string of the molecule is CCCCCCCCCCCCCCCC(=O)C1=CNC1=O. The Morgan fingerprint density at radius 1 is 0.818 bits per heavy atom. The molecule has 0 unspecified atom stereocenters. The molecule has 126 valence electrons. The van der Waals surface area contributed by atoms with Gasteiger partial charge in [0.05, 0.1) is 5.57 Å². The Bertz CT molecular complexity index is 360. The Kier molecular flexibility index (Phi) is 10.7. The first-order valence-corrected chi connectivity index (χ1v) is 9.30. The molecule has 1 amide bonds. The molecule has 0 aromatic carbocycles. The first-order valence-electron chi connectivity index (χ1n) is 9.30. The average Bonchev–Trinajstić information content (AvgIpc) is 2.50. The van der Waals surface area contributed by atoms with Gasteiger partial charge in [0.15, 0.2) is 5.78 Å². The van der Waals surface area contributed by atoms with Crippen molar-refractivity contribution < 1.29 is 9.59 Å². The summed E-state index contributed by atoms with van der Waals surface area (Å²) in [6.07, 6.45) is 19.0. The number of rotatable bonds is 15. The third-order valence-electron chi connectivity index (χ3n) is 4.40. The number of nitrogens with one attached hydrogen (secondary N) is 1. The van der Waals surface area contributed by atoms with Crippen LogP contribution in [0.1, 0.15) is 96.8 Å². The van der Waals surface area contributed by atoms with E-state index in [1.165, 1.54) is 76.8 Å². The van der Waals surface area contributed by atoms with Gasteiger partial charge < -0.3 is 5.32 Å². The van der Waals surface area contributed by atoms with Crippen molar-refractivity contribution in [2.75, 3.05) is 0 Å². The van der Waals surface area contributed by atoms with Gasteiger partial charge in [-0.25, -0.2) is 0 Å². The standard InChI is InChI=1S/C19H33NO2/c1-2-3-4-5-6-7-8-9-10-11-12-13-14-15-18(21)17-16-20-19(17)22/h16H,2-15H2,1H3,(H,20,22). The van der Waals surface area contributed by atoms with Crippen LogP contribution in [0.25, 0.3) is 0 Å². The predicted octanol–water partition coefficient (Wildman–Crippen LogP) is 5.05. The van der Waals surface area contributed by atoms with Crippen LogP contribution in [0.15, 0.2) is 11.8 Å². The molecule has 0 aliphatic carbocycles. The quantitative estimate of drug-likeness (QED) is 0.340. The highest BCUT2D eigenvalue weighted by Crippen LogP contribution is 2.14. The number of hydrogen-bond acceptors (Lipinski definition) is 2. The van der Waals surface area contributed by atoms with Crippen LogP contribution in [-0.4, -0.2) is 11.7 Å². The summed E-state index contributed by atoms with van der Waals surface area (Å²) in [6, 6.07) is 0. The molecule has 0 aromatic heterocycles. The van der Waals surface area contributed by atoms with Crippen molar-refractivity contribution in [1.29, 1.82) is 0 Å². The lowest BCUT2D eigenvalue weighted by molar-refractivity contribution is -0.123. The smallest absolute Gasteiger partial charge is 0.260 e. The maximum Gasteiger partial charge on any atom is 0.260 e. The Morgan fingerprint density at radius 3 is 1.64 bits per heavy atom. The van der Waals surface area contributed by atoms with Crippen molar-refractivity contribution in [1.82, 2.24) is 5.32 Å². The summed E-state index contributed by atoms with van der Waals surface area (Å²) in [5.41, 5.74) is 0.360. The van der Waals surface area contributed by atoms with Crippen molar-refractivity contribution in [3.05, 3.63) is 11.8 Å². The number of carbonyl (C=O) groups excluding carboxylic acids is 2. The topological polar surface area (TPSA) is 46.2 Å². The second kappa shape index (κ2) is 12.4. The minimum absolute atomic E-state index is 0.00632. The summed E-state index contributed by atoms with van der Waals surface area (Å²) in [4.78, 5) is 22.6. The lowest BCUT2D eigenvalue weighted by atomic mass is 10.0. The van der Waals surface area contributed by atoms with E-state index in [9.17, 15) is 9.59 Å². The van der Waals surface area contributed by atoms with E-state index in [4.69, 9.17) is 0 Å². The molecular formula is C19H33NO2. The molecule has 3 nitrogen and oxygen atoms in total. The van der Waals surface area contributed by atoms with Gasteiger partial charge in [0.1, 0.15) is 0 Å². The normalized spacial score (nSPS) is 13.5. The number of unbranched alkanes of at least 4 members (excludes halogenated alkanes) is 12. The average molecular weight is 307 g/mol. The molecule has 0 atom stereocenters. The summed E-state index contributed by atoms with van der Waals surface area (Å²) in [5.74, 6) is -0.202. The zero-order chi connectivity index (χ0) is 16.0. The molecule has 0 spiro atoms. The van der Waals surface area contributed by atoms with E-state index in [1.54, 1.807) is 0 Å². The summed E-state index contributed by atoms with van der Waals surface area (Å²) in [5, 5.41) is 2.47. The van der Waals surface area contributed by atoms with Crippen molar-refractivity contribution in [3.63, 3.8) is 0 Å². The third-order valence-corrected chi connectivity index (χ3v) is 4.40. The second-order valence-electron chi connectivity index (χ2n) is 6.45. The Morgan fingerprint density at radius 2 is 1.27 bits per heavy atom. The fourth-order valence-electron chi connectivity index (χ4n) is 2.85. The van der Waals surface area contributed by atoms with Crippen molar-refractivity contribution in [2.24, 2.45) is 0 Å². The highest BCUT2D eigenvalue weighted by atomic mass is 16.2. The van der Waals surface area contributed by atoms with E-state index in [0.29, 0.717) is 12.0 Å². The molecule has 0 radical (unpaired) electrons. The fourth-order valence-corrected chi connectivity index (χ4v) is 2.85. The molecule has 1 rings (SSSR count). The zero-order valence-electron chi connectivity index (χ0n) is 14.3. The summed E-state index contributed by atoms with van der Waals surface area (Å²) in [6.45, 7) is 2.26. The van der Waals surface area contributed by atoms with Gasteiger partial charge in [0.25, 0.3) is 5.91 Å². The molecular weight excluding hydrogens is 274 g/mol. The number of ketones is 1. The van der Waals surface area contributed by atoms with Gasteiger partial charge in [0.2, 0.25) is 0 Å². The minimum atomic E-state index is -0.209. The lowest BCUT2D eigenvalue weighted by Gasteiger charge is -2.12. The minimum Gasteiger partial charge on any atom is -0.328 e. The van der Waals surface area contributed by atoms with Crippen LogP contribution in [0.5, 0.6) is 0 Å². The van der Waals surface area contributed by atoms with Crippen LogP contribution in [-0.2, 0) is 9.59 Å². The van der Waals surface area contributed by atoms with Crippen LogP contribution in [0.4, 0.5) is 0 Å². The molecule has 1 N–H and O–H groups in total.